The van der Waals surface area contributed by atoms with Crippen LogP contribution in [0.1, 0.15) is 16.8 Å². The second kappa shape index (κ2) is 6.53. The average molecular weight is 415 g/mol. The maximum absolute atomic E-state index is 11.0. The molecule has 2 aromatic rings. The van der Waals surface area contributed by atoms with Crippen molar-refractivity contribution in [1.82, 2.24) is 4.98 Å². The van der Waals surface area contributed by atoms with Crippen molar-refractivity contribution < 1.29 is 4.92 Å². The summed E-state index contributed by atoms with van der Waals surface area (Å²) in [6, 6.07) is 5.29. The minimum absolute atomic E-state index is 0.117. The van der Waals surface area contributed by atoms with Gasteiger partial charge in [0.05, 0.1) is 17.2 Å². The summed E-state index contributed by atoms with van der Waals surface area (Å²) in [6.07, 6.45) is 1.71. The smallest absolute Gasteiger partial charge is 0.274 e. The van der Waals surface area contributed by atoms with Crippen LogP contribution in [0.2, 0.25) is 0 Å². The highest BCUT2D eigenvalue weighted by Gasteiger charge is 2.13. The van der Waals surface area contributed by atoms with Crippen molar-refractivity contribution >= 4 is 43.2 Å². The topological polar surface area (TPSA) is 68.1 Å². The van der Waals surface area contributed by atoms with Gasteiger partial charge in [0.2, 0.25) is 0 Å². The molecule has 2 rings (SSSR count). The molecule has 0 radical (unpaired) electrons. The molecule has 0 aliphatic carbocycles. The van der Waals surface area contributed by atoms with Crippen molar-refractivity contribution in [3.8, 4) is 0 Å². The Morgan fingerprint density at radius 2 is 1.95 bits per heavy atom. The molecule has 1 heterocycles. The Bertz CT molecular complexity index is 705. The van der Waals surface area contributed by atoms with E-state index in [2.05, 4.69) is 42.2 Å². The summed E-state index contributed by atoms with van der Waals surface area (Å²) in [5, 5.41) is 14.2. The van der Waals surface area contributed by atoms with Crippen molar-refractivity contribution in [3.63, 3.8) is 0 Å². The Hall–Kier alpha value is -1.47. The normalized spacial score (nSPS) is 10.5. The van der Waals surface area contributed by atoms with Gasteiger partial charge in [-0.3, -0.25) is 15.1 Å². The zero-order valence-electron chi connectivity index (χ0n) is 11.5. The molecule has 21 heavy (non-hydrogen) atoms. The van der Waals surface area contributed by atoms with Crippen LogP contribution in [0.4, 0.5) is 11.4 Å². The molecule has 0 fully saturated rings. The lowest BCUT2D eigenvalue weighted by atomic mass is 10.1. The first kappa shape index (κ1) is 15.9. The van der Waals surface area contributed by atoms with E-state index < -0.39 is 0 Å². The predicted molar refractivity (Wildman–Crippen MR) is 89.5 cm³/mol. The number of hydrogen-bond donors (Lipinski definition) is 1. The summed E-state index contributed by atoms with van der Waals surface area (Å²) < 4.78 is 1.77. The maximum Gasteiger partial charge on any atom is 0.274 e. The van der Waals surface area contributed by atoms with E-state index in [1.807, 2.05) is 19.1 Å². The Balaban J connectivity index is 2.23. The van der Waals surface area contributed by atoms with Crippen molar-refractivity contribution in [2.75, 3.05) is 5.32 Å². The lowest BCUT2D eigenvalue weighted by Gasteiger charge is -2.11. The maximum atomic E-state index is 11.0. The number of pyridine rings is 1. The lowest BCUT2D eigenvalue weighted by molar-refractivity contribution is -0.385. The lowest BCUT2D eigenvalue weighted by Crippen LogP contribution is -2.05. The van der Waals surface area contributed by atoms with Crippen molar-refractivity contribution in [3.05, 3.63) is 60.3 Å². The second-order valence-corrected chi connectivity index (χ2v) is 6.42. The third-order valence-corrected chi connectivity index (χ3v) is 4.19. The standard InChI is InChI=1S/C14H13Br2N3O2/c1-8-3-9(2)14(19(20)21)5-12(8)18-7-13-11(16)4-10(15)6-17-13/h3-6,18H,7H2,1-2H3. The van der Waals surface area contributed by atoms with Crippen LogP contribution >= 0.6 is 31.9 Å². The second-order valence-electron chi connectivity index (χ2n) is 4.65. The van der Waals surface area contributed by atoms with Gasteiger partial charge in [-0.2, -0.15) is 0 Å². The van der Waals surface area contributed by atoms with Gasteiger partial charge in [-0.1, -0.05) is 0 Å². The minimum atomic E-state index is -0.367. The molecule has 1 aromatic carbocycles. The van der Waals surface area contributed by atoms with Gasteiger partial charge in [0.1, 0.15) is 0 Å². The summed E-state index contributed by atoms with van der Waals surface area (Å²) in [5.41, 5.74) is 3.31. The number of anilines is 1. The number of halogens is 2. The summed E-state index contributed by atoms with van der Waals surface area (Å²) in [4.78, 5) is 14.9. The van der Waals surface area contributed by atoms with E-state index in [9.17, 15) is 10.1 Å². The molecule has 0 saturated heterocycles. The van der Waals surface area contributed by atoms with E-state index >= 15 is 0 Å². The van der Waals surface area contributed by atoms with Crippen LogP contribution in [-0.2, 0) is 6.54 Å². The van der Waals surface area contributed by atoms with E-state index in [4.69, 9.17) is 0 Å². The van der Waals surface area contributed by atoms with E-state index in [1.165, 1.54) is 0 Å². The van der Waals surface area contributed by atoms with E-state index in [0.29, 0.717) is 12.1 Å². The predicted octanol–water partition coefficient (Wildman–Crippen LogP) is 4.74. The van der Waals surface area contributed by atoms with Crippen LogP contribution in [0.5, 0.6) is 0 Å². The van der Waals surface area contributed by atoms with Gasteiger partial charge >= 0.3 is 0 Å². The Morgan fingerprint density at radius 3 is 2.57 bits per heavy atom. The van der Waals surface area contributed by atoms with Crippen LogP contribution in [-0.4, -0.2) is 9.91 Å². The molecule has 0 aliphatic rings. The Labute approximate surface area is 139 Å². The number of nitro groups is 1. The van der Waals surface area contributed by atoms with Crippen LogP contribution in [0, 0.1) is 24.0 Å². The van der Waals surface area contributed by atoms with Crippen molar-refractivity contribution in [1.29, 1.82) is 0 Å². The van der Waals surface area contributed by atoms with Gasteiger partial charge in [-0.05, 0) is 63.4 Å². The van der Waals surface area contributed by atoms with Gasteiger partial charge in [0, 0.05) is 32.5 Å². The SMILES string of the molecule is Cc1cc(C)c([N+](=O)[O-])cc1NCc1ncc(Br)cc1Br. The Kier molecular flexibility index (Phi) is 4.95. The summed E-state index contributed by atoms with van der Waals surface area (Å²) in [6.45, 7) is 4.14. The number of nitro benzene ring substituents is 1. The molecule has 1 aromatic heterocycles. The third-order valence-electron chi connectivity index (χ3n) is 3.07. The van der Waals surface area contributed by atoms with Gasteiger partial charge in [-0.25, -0.2) is 0 Å². The Morgan fingerprint density at radius 1 is 1.24 bits per heavy atom. The van der Waals surface area contributed by atoms with Gasteiger partial charge < -0.3 is 5.32 Å². The molecule has 0 atom stereocenters. The van der Waals surface area contributed by atoms with Gasteiger partial charge in [0.25, 0.3) is 5.69 Å². The number of nitrogens with one attached hydrogen (secondary N) is 1. The molecule has 7 heteroatoms. The number of aromatic nitrogens is 1. The third kappa shape index (κ3) is 3.79. The number of nitrogens with zero attached hydrogens (tertiary/aromatic N) is 2. The zero-order valence-corrected chi connectivity index (χ0v) is 14.7. The molecule has 0 amide bonds. The molecular formula is C14H13Br2N3O2. The molecule has 0 aliphatic heterocycles. The molecule has 5 nitrogen and oxygen atoms in total. The number of aryl methyl sites for hydroxylation is 2. The molecule has 0 bridgehead atoms. The minimum Gasteiger partial charge on any atom is -0.379 e. The first-order valence-corrected chi connectivity index (χ1v) is 7.76. The van der Waals surface area contributed by atoms with Crippen LogP contribution < -0.4 is 5.32 Å². The quantitative estimate of drug-likeness (QED) is 0.579. The van der Waals surface area contributed by atoms with Crippen LogP contribution in [0.15, 0.2) is 33.3 Å². The molecular weight excluding hydrogens is 402 g/mol. The first-order valence-electron chi connectivity index (χ1n) is 6.18. The van der Waals surface area contributed by atoms with Gasteiger partial charge in [-0.15, -0.1) is 0 Å². The zero-order chi connectivity index (χ0) is 15.6. The molecule has 1 N–H and O–H groups in total. The van der Waals surface area contributed by atoms with E-state index in [0.717, 1.165) is 25.9 Å². The summed E-state index contributed by atoms with van der Waals surface area (Å²) in [5.74, 6) is 0. The van der Waals surface area contributed by atoms with Crippen molar-refractivity contribution in [2.45, 2.75) is 20.4 Å². The highest BCUT2D eigenvalue weighted by atomic mass is 79.9. The number of rotatable bonds is 4. The number of benzene rings is 1. The summed E-state index contributed by atoms with van der Waals surface area (Å²) >= 11 is 6.80. The molecule has 0 saturated carbocycles. The molecule has 0 spiro atoms. The van der Waals surface area contributed by atoms with Crippen LogP contribution in [0.3, 0.4) is 0 Å². The first-order chi connectivity index (χ1) is 9.88. The largest absolute Gasteiger partial charge is 0.379 e. The van der Waals surface area contributed by atoms with Crippen LogP contribution in [0.25, 0.3) is 0 Å². The molecule has 0 unspecified atom stereocenters. The fourth-order valence-corrected chi connectivity index (χ4v) is 3.11. The monoisotopic (exact) mass is 413 g/mol. The highest BCUT2D eigenvalue weighted by Crippen LogP contribution is 2.27. The highest BCUT2D eigenvalue weighted by molar-refractivity contribution is 9.11. The fourth-order valence-electron chi connectivity index (χ4n) is 1.98. The molecule has 110 valence electrons. The fraction of sp³-hybridized carbons (Fsp3) is 0.214. The van der Waals surface area contributed by atoms with E-state index in [-0.39, 0.29) is 10.6 Å². The average Bonchev–Trinajstić information content (AvgIpc) is 2.39. The van der Waals surface area contributed by atoms with E-state index in [1.54, 1.807) is 19.2 Å². The summed E-state index contributed by atoms with van der Waals surface area (Å²) in [7, 11) is 0. The van der Waals surface area contributed by atoms with Crippen molar-refractivity contribution in [2.24, 2.45) is 0 Å². The van der Waals surface area contributed by atoms with Gasteiger partial charge in [0.15, 0.2) is 0 Å². The number of hydrogen-bond acceptors (Lipinski definition) is 4.